The lowest BCUT2D eigenvalue weighted by atomic mass is 10.00. The molecule has 9 nitrogen and oxygen atoms in total. The SMILES string of the molecule is CC(C)(C)OC(=O)c1nc2ccc(NCCCN3CCC(OC(c4ccccc4)c4ccccc4)CC3)nn2n1. The molecule has 0 unspecified atom stereocenters. The van der Waals surface area contributed by atoms with Gasteiger partial charge in [0.1, 0.15) is 17.5 Å². The van der Waals surface area contributed by atoms with E-state index in [0.29, 0.717) is 11.5 Å². The molecule has 3 heterocycles. The second-order valence-electron chi connectivity index (χ2n) is 11.2. The van der Waals surface area contributed by atoms with Crippen molar-refractivity contribution >= 4 is 17.4 Å². The number of carbonyl (C=O) groups is 1. The Balaban J connectivity index is 1.07. The number of ether oxygens (including phenoxy) is 2. The first-order valence-electron chi connectivity index (χ1n) is 14.0. The predicted molar refractivity (Wildman–Crippen MR) is 154 cm³/mol. The minimum atomic E-state index is -0.607. The number of hydrogen-bond acceptors (Lipinski definition) is 8. The Bertz CT molecular complexity index is 1340. The van der Waals surface area contributed by atoms with E-state index in [1.165, 1.54) is 15.8 Å². The van der Waals surface area contributed by atoms with Crippen molar-refractivity contribution in [2.75, 3.05) is 31.5 Å². The molecular weight excluding hydrogens is 504 g/mol. The summed E-state index contributed by atoms with van der Waals surface area (Å²) in [6, 6.07) is 24.6. The smallest absolute Gasteiger partial charge is 0.378 e. The molecule has 0 amide bonds. The van der Waals surface area contributed by atoms with Crippen LogP contribution >= 0.6 is 0 Å². The third-order valence-corrected chi connectivity index (χ3v) is 6.81. The van der Waals surface area contributed by atoms with Gasteiger partial charge in [-0.05, 0) is 69.8 Å². The van der Waals surface area contributed by atoms with E-state index >= 15 is 0 Å². The number of nitrogens with one attached hydrogen (secondary N) is 1. The van der Waals surface area contributed by atoms with Crippen molar-refractivity contribution in [3.63, 3.8) is 0 Å². The molecular formula is C31H38N6O3. The van der Waals surface area contributed by atoms with Crippen LogP contribution in [0.2, 0.25) is 0 Å². The van der Waals surface area contributed by atoms with Crippen LogP contribution in [0, 0.1) is 0 Å². The Hall–Kier alpha value is -3.82. The average Bonchev–Trinajstić information content (AvgIpc) is 3.39. The van der Waals surface area contributed by atoms with E-state index in [0.717, 1.165) is 45.4 Å². The van der Waals surface area contributed by atoms with Crippen LogP contribution in [0.25, 0.3) is 5.65 Å². The van der Waals surface area contributed by atoms with Crippen LogP contribution in [0.4, 0.5) is 5.82 Å². The minimum Gasteiger partial charge on any atom is -0.454 e. The van der Waals surface area contributed by atoms with Gasteiger partial charge in [-0.3, -0.25) is 0 Å². The number of nitrogens with zero attached hydrogens (tertiary/aromatic N) is 5. The first kappa shape index (κ1) is 27.7. The summed E-state index contributed by atoms with van der Waals surface area (Å²) in [5.41, 5.74) is 2.28. The van der Waals surface area contributed by atoms with E-state index in [-0.39, 0.29) is 18.0 Å². The number of benzene rings is 2. The summed E-state index contributed by atoms with van der Waals surface area (Å²) in [5, 5.41) is 12.0. The topological polar surface area (TPSA) is 93.9 Å². The number of aromatic nitrogens is 4. The lowest BCUT2D eigenvalue weighted by Gasteiger charge is -2.34. The summed E-state index contributed by atoms with van der Waals surface area (Å²) in [7, 11) is 0. The maximum atomic E-state index is 12.3. The standard InChI is InChI=1S/C31H38N6O3/c1-31(2,3)40-30(38)29-33-27-16-15-26(34-37(27)35-29)32-19-10-20-36-21-17-25(18-22-36)39-28(23-11-6-4-7-12-23)24-13-8-5-9-14-24/h4-9,11-16,25,28H,10,17-22H2,1-3H3,(H,32,34). The lowest BCUT2D eigenvalue weighted by Crippen LogP contribution is -2.38. The number of rotatable bonds is 10. The second kappa shape index (κ2) is 12.6. The van der Waals surface area contributed by atoms with Crippen molar-refractivity contribution in [3.8, 4) is 0 Å². The molecule has 0 radical (unpaired) electrons. The van der Waals surface area contributed by atoms with Crippen LogP contribution < -0.4 is 5.32 Å². The maximum Gasteiger partial charge on any atom is 0.378 e. The first-order chi connectivity index (χ1) is 19.3. The fourth-order valence-corrected chi connectivity index (χ4v) is 4.87. The van der Waals surface area contributed by atoms with Crippen LogP contribution in [-0.2, 0) is 9.47 Å². The molecule has 0 bridgehead atoms. The van der Waals surface area contributed by atoms with Crippen molar-refractivity contribution in [3.05, 3.63) is 89.7 Å². The maximum absolute atomic E-state index is 12.3. The molecule has 1 fully saturated rings. The Morgan fingerprint density at radius 2 is 1.60 bits per heavy atom. The molecule has 1 saturated heterocycles. The van der Waals surface area contributed by atoms with Gasteiger partial charge in [-0.1, -0.05) is 60.7 Å². The van der Waals surface area contributed by atoms with Crippen LogP contribution in [-0.4, -0.2) is 68.6 Å². The highest BCUT2D eigenvalue weighted by atomic mass is 16.6. The van der Waals surface area contributed by atoms with Crippen LogP contribution in [0.15, 0.2) is 72.8 Å². The van der Waals surface area contributed by atoms with Gasteiger partial charge in [-0.2, -0.15) is 4.98 Å². The molecule has 2 aromatic heterocycles. The summed E-state index contributed by atoms with van der Waals surface area (Å²) in [5.74, 6) is 0.135. The van der Waals surface area contributed by atoms with Crippen LogP contribution in [0.1, 0.15) is 67.9 Å². The quantitative estimate of drug-likeness (QED) is 0.217. The number of anilines is 1. The highest BCUT2D eigenvalue weighted by Gasteiger charge is 2.25. The summed E-state index contributed by atoms with van der Waals surface area (Å²) < 4.78 is 13.4. The highest BCUT2D eigenvalue weighted by molar-refractivity contribution is 5.86. The van der Waals surface area contributed by atoms with E-state index in [1.54, 1.807) is 6.07 Å². The zero-order chi connectivity index (χ0) is 28.0. The molecule has 4 aromatic rings. The van der Waals surface area contributed by atoms with Gasteiger partial charge in [0.2, 0.25) is 0 Å². The largest absolute Gasteiger partial charge is 0.454 e. The second-order valence-corrected chi connectivity index (χ2v) is 11.2. The first-order valence-corrected chi connectivity index (χ1v) is 14.0. The normalized spacial score (nSPS) is 15.0. The molecule has 2 aromatic carbocycles. The van der Waals surface area contributed by atoms with Crippen molar-refractivity contribution in [2.24, 2.45) is 0 Å². The highest BCUT2D eigenvalue weighted by Crippen LogP contribution is 2.30. The van der Waals surface area contributed by atoms with Crippen molar-refractivity contribution in [2.45, 2.75) is 57.8 Å². The number of piperidine rings is 1. The number of fused-ring (bicyclic) bond motifs is 1. The Morgan fingerprint density at radius 1 is 0.950 bits per heavy atom. The Morgan fingerprint density at radius 3 is 2.23 bits per heavy atom. The van der Waals surface area contributed by atoms with Crippen LogP contribution in [0.5, 0.6) is 0 Å². The molecule has 1 N–H and O–H groups in total. The molecule has 0 saturated carbocycles. The van der Waals surface area contributed by atoms with E-state index in [2.05, 4.69) is 73.9 Å². The van der Waals surface area contributed by atoms with Crippen molar-refractivity contribution in [1.29, 1.82) is 0 Å². The number of esters is 1. The van der Waals surface area contributed by atoms with Crippen LogP contribution in [0.3, 0.4) is 0 Å². The zero-order valence-corrected chi connectivity index (χ0v) is 23.5. The fraction of sp³-hybridized carbons (Fsp3) is 0.419. The third kappa shape index (κ3) is 7.43. The van der Waals surface area contributed by atoms with Gasteiger partial charge in [-0.25, -0.2) is 4.79 Å². The number of carbonyl (C=O) groups excluding carboxylic acids is 1. The summed E-state index contributed by atoms with van der Waals surface area (Å²) >= 11 is 0. The van der Waals surface area contributed by atoms with Gasteiger partial charge in [-0.15, -0.1) is 14.8 Å². The molecule has 0 aliphatic carbocycles. The fourth-order valence-electron chi connectivity index (χ4n) is 4.87. The minimum absolute atomic E-state index is 0.00538. The molecule has 0 atom stereocenters. The van der Waals surface area contributed by atoms with E-state index in [9.17, 15) is 4.79 Å². The predicted octanol–water partition coefficient (Wildman–Crippen LogP) is 5.15. The number of likely N-dealkylation sites (tertiary alicyclic amines) is 1. The van der Waals surface area contributed by atoms with E-state index in [1.807, 2.05) is 39.0 Å². The van der Waals surface area contributed by atoms with Crippen molar-refractivity contribution in [1.82, 2.24) is 24.7 Å². The van der Waals surface area contributed by atoms with Gasteiger partial charge >= 0.3 is 5.97 Å². The molecule has 1 aliphatic heterocycles. The summed E-state index contributed by atoms with van der Waals surface area (Å²) in [4.78, 5) is 19.0. The van der Waals surface area contributed by atoms with E-state index in [4.69, 9.17) is 9.47 Å². The molecule has 5 rings (SSSR count). The average molecular weight is 543 g/mol. The lowest BCUT2D eigenvalue weighted by molar-refractivity contribution is -0.0269. The van der Waals surface area contributed by atoms with Gasteiger partial charge in [0, 0.05) is 19.6 Å². The van der Waals surface area contributed by atoms with Gasteiger partial charge in [0.25, 0.3) is 5.82 Å². The molecule has 40 heavy (non-hydrogen) atoms. The Labute approximate surface area is 235 Å². The van der Waals surface area contributed by atoms with Crippen molar-refractivity contribution < 1.29 is 14.3 Å². The zero-order valence-electron chi connectivity index (χ0n) is 23.5. The van der Waals surface area contributed by atoms with Gasteiger partial charge < -0.3 is 19.7 Å². The number of hydrogen-bond donors (Lipinski definition) is 1. The molecule has 210 valence electrons. The van der Waals surface area contributed by atoms with E-state index < -0.39 is 11.6 Å². The summed E-state index contributed by atoms with van der Waals surface area (Å²) in [6.07, 6.45) is 3.23. The molecule has 0 spiro atoms. The van der Waals surface area contributed by atoms with Gasteiger partial charge in [0.05, 0.1) is 6.10 Å². The monoisotopic (exact) mass is 542 g/mol. The molecule has 1 aliphatic rings. The van der Waals surface area contributed by atoms with Gasteiger partial charge in [0.15, 0.2) is 5.65 Å². The summed E-state index contributed by atoms with van der Waals surface area (Å²) in [6.45, 7) is 9.27. The molecule has 9 heteroatoms. The third-order valence-electron chi connectivity index (χ3n) is 6.81. The Kier molecular flexibility index (Phi) is 8.72.